The Kier molecular flexibility index (Phi) is 2.99. The molecular formula is C9H16N2O2S. The molecule has 4 nitrogen and oxygen atoms in total. The molecule has 4 unspecified atom stereocenters. The molecule has 1 heterocycles. The lowest BCUT2D eigenvalue weighted by Gasteiger charge is -2.33. The van der Waals surface area contributed by atoms with Gasteiger partial charge < -0.3 is 15.5 Å². The number of amidine groups is 1. The first-order chi connectivity index (χ1) is 6.74. The minimum Gasteiger partial charge on any atom is -0.396 e. The van der Waals surface area contributed by atoms with E-state index in [2.05, 4.69) is 10.3 Å². The van der Waals surface area contributed by atoms with E-state index in [0.717, 1.165) is 18.0 Å². The van der Waals surface area contributed by atoms with Gasteiger partial charge >= 0.3 is 0 Å². The first-order valence-electron chi connectivity index (χ1n) is 4.93. The van der Waals surface area contributed by atoms with Crippen LogP contribution in [0.5, 0.6) is 0 Å². The van der Waals surface area contributed by atoms with Crippen LogP contribution in [0.15, 0.2) is 4.99 Å². The zero-order chi connectivity index (χ0) is 10.1. The third-order valence-corrected chi connectivity index (χ3v) is 4.38. The van der Waals surface area contributed by atoms with Gasteiger partial charge in [-0.05, 0) is 12.8 Å². The molecule has 5 heteroatoms. The molecular weight excluding hydrogens is 200 g/mol. The summed E-state index contributed by atoms with van der Waals surface area (Å²) in [5.41, 5.74) is 0. The van der Waals surface area contributed by atoms with E-state index in [1.807, 2.05) is 0 Å². The smallest absolute Gasteiger partial charge is 0.156 e. The highest BCUT2D eigenvalue weighted by Gasteiger charge is 2.41. The molecule has 1 saturated carbocycles. The number of aliphatic hydroxyl groups is 2. The lowest BCUT2D eigenvalue weighted by Crippen LogP contribution is -2.44. The summed E-state index contributed by atoms with van der Waals surface area (Å²) >= 11 is 1.73. The zero-order valence-electron chi connectivity index (χ0n) is 8.18. The van der Waals surface area contributed by atoms with Gasteiger partial charge in [-0.1, -0.05) is 11.8 Å². The molecule has 1 saturated heterocycles. The van der Waals surface area contributed by atoms with Crippen molar-refractivity contribution in [2.75, 3.05) is 13.7 Å². The van der Waals surface area contributed by atoms with Crippen LogP contribution in [0, 0.1) is 5.92 Å². The summed E-state index contributed by atoms with van der Waals surface area (Å²) < 4.78 is 0. The number of hydrogen-bond acceptors (Lipinski definition) is 4. The molecule has 0 aromatic carbocycles. The second kappa shape index (κ2) is 4.08. The Labute approximate surface area is 87.8 Å². The minimum atomic E-state index is -0.370. The topological polar surface area (TPSA) is 64.9 Å². The van der Waals surface area contributed by atoms with Gasteiger partial charge in [0.1, 0.15) is 0 Å². The molecule has 14 heavy (non-hydrogen) atoms. The Bertz CT molecular complexity index is 247. The molecule has 0 bridgehead atoms. The molecule has 1 aliphatic heterocycles. The third kappa shape index (κ3) is 1.76. The number of nitrogens with one attached hydrogen (secondary N) is 1. The number of rotatable bonds is 1. The molecule has 0 aromatic rings. The molecule has 0 spiro atoms. The summed E-state index contributed by atoms with van der Waals surface area (Å²) in [4.78, 5) is 4.11. The predicted octanol–water partition coefficient (Wildman–Crippen LogP) is -0.191. The Morgan fingerprint density at radius 2 is 2.36 bits per heavy atom. The van der Waals surface area contributed by atoms with E-state index in [1.54, 1.807) is 18.8 Å². The molecule has 2 fully saturated rings. The quantitative estimate of drug-likeness (QED) is 0.568. The van der Waals surface area contributed by atoms with Gasteiger partial charge in [0.25, 0.3) is 0 Å². The van der Waals surface area contributed by atoms with E-state index in [9.17, 15) is 5.11 Å². The second-order valence-electron chi connectivity index (χ2n) is 3.92. The number of thioether (sulfide) groups is 1. The van der Waals surface area contributed by atoms with Crippen molar-refractivity contribution in [3.8, 4) is 0 Å². The van der Waals surface area contributed by atoms with Crippen molar-refractivity contribution in [2.45, 2.75) is 30.2 Å². The minimum absolute atomic E-state index is 0.0433. The Morgan fingerprint density at radius 1 is 1.57 bits per heavy atom. The fourth-order valence-electron chi connectivity index (χ4n) is 2.16. The maximum Gasteiger partial charge on any atom is 0.156 e. The summed E-state index contributed by atoms with van der Waals surface area (Å²) in [6.07, 6.45) is 1.23. The van der Waals surface area contributed by atoms with Crippen molar-refractivity contribution < 1.29 is 10.2 Å². The van der Waals surface area contributed by atoms with Gasteiger partial charge in [-0.25, -0.2) is 0 Å². The molecule has 2 aliphatic rings. The normalized spacial score (nSPS) is 44.9. The van der Waals surface area contributed by atoms with Gasteiger partial charge in [0, 0.05) is 30.9 Å². The maximum absolute atomic E-state index is 9.73. The zero-order valence-corrected chi connectivity index (χ0v) is 9.00. The van der Waals surface area contributed by atoms with Crippen LogP contribution in [0.3, 0.4) is 0 Å². The van der Waals surface area contributed by atoms with Crippen molar-refractivity contribution >= 4 is 16.9 Å². The highest BCUT2D eigenvalue weighted by molar-refractivity contribution is 8.14. The molecule has 80 valence electrons. The molecule has 2 rings (SSSR count). The average Bonchev–Trinajstić information content (AvgIpc) is 2.58. The molecule has 0 amide bonds. The van der Waals surface area contributed by atoms with Crippen molar-refractivity contribution in [2.24, 2.45) is 10.9 Å². The Balaban J connectivity index is 2.03. The summed E-state index contributed by atoms with van der Waals surface area (Å²) in [6, 6.07) is 0.330. The monoisotopic (exact) mass is 216 g/mol. The summed E-state index contributed by atoms with van der Waals surface area (Å²) in [5, 5.41) is 23.5. The van der Waals surface area contributed by atoms with E-state index < -0.39 is 0 Å². The largest absolute Gasteiger partial charge is 0.396 e. The molecule has 3 N–H and O–H groups in total. The van der Waals surface area contributed by atoms with Crippen molar-refractivity contribution in [1.29, 1.82) is 0 Å². The van der Waals surface area contributed by atoms with Gasteiger partial charge in [-0.3, -0.25) is 4.99 Å². The van der Waals surface area contributed by atoms with E-state index >= 15 is 0 Å². The van der Waals surface area contributed by atoms with Crippen LogP contribution in [0.25, 0.3) is 0 Å². The van der Waals surface area contributed by atoms with Crippen LogP contribution < -0.4 is 5.32 Å². The van der Waals surface area contributed by atoms with E-state index in [0.29, 0.717) is 11.3 Å². The van der Waals surface area contributed by atoms with Crippen LogP contribution >= 0.6 is 11.8 Å². The SMILES string of the molecule is CN=C1NC2CC(O)C(CO)CC2S1. The number of nitrogens with zero attached hydrogens (tertiary/aromatic N) is 1. The van der Waals surface area contributed by atoms with E-state index in [-0.39, 0.29) is 18.6 Å². The van der Waals surface area contributed by atoms with Crippen LogP contribution in [0.2, 0.25) is 0 Å². The summed E-state index contributed by atoms with van der Waals surface area (Å²) in [5.74, 6) is 0.0433. The van der Waals surface area contributed by atoms with Gasteiger partial charge in [0.2, 0.25) is 0 Å². The second-order valence-corrected chi connectivity index (χ2v) is 5.15. The van der Waals surface area contributed by atoms with Crippen LogP contribution in [0.4, 0.5) is 0 Å². The fourth-order valence-corrected chi connectivity index (χ4v) is 3.45. The molecule has 0 radical (unpaired) electrons. The van der Waals surface area contributed by atoms with Crippen LogP contribution in [-0.4, -0.2) is 46.4 Å². The summed E-state index contributed by atoms with van der Waals surface area (Å²) in [7, 11) is 1.77. The van der Waals surface area contributed by atoms with Crippen molar-refractivity contribution in [3.05, 3.63) is 0 Å². The lowest BCUT2D eigenvalue weighted by molar-refractivity contribution is 0.0303. The highest BCUT2D eigenvalue weighted by Crippen LogP contribution is 2.37. The standard InChI is InChI=1S/C9H16N2O2S/c1-10-9-11-6-3-7(13)5(4-12)2-8(6)14-9/h5-8,12-13H,2-4H2,1H3,(H,10,11). The average molecular weight is 216 g/mol. The Hall–Kier alpha value is -0.260. The van der Waals surface area contributed by atoms with Crippen molar-refractivity contribution in [3.63, 3.8) is 0 Å². The van der Waals surface area contributed by atoms with Gasteiger partial charge in [0.05, 0.1) is 6.10 Å². The van der Waals surface area contributed by atoms with Crippen LogP contribution in [-0.2, 0) is 0 Å². The molecule has 1 aliphatic carbocycles. The first kappa shape index (κ1) is 10.3. The maximum atomic E-state index is 9.73. The number of hydrogen-bond donors (Lipinski definition) is 3. The van der Waals surface area contributed by atoms with Crippen LogP contribution in [0.1, 0.15) is 12.8 Å². The van der Waals surface area contributed by atoms with Gasteiger partial charge in [-0.2, -0.15) is 0 Å². The van der Waals surface area contributed by atoms with E-state index in [1.165, 1.54) is 0 Å². The molecule has 4 atom stereocenters. The molecule has 0 aromatic heterocycles. The first-order valence-corrected chi connectivity index (χ1v) is 5.81. The predicted molar refractivity (Wildman–Crippen MR) is 57.5 cm³/mol. The van der Waals surface area contributed by atoms with Gasteiger partial charge in [0.15, 0.2) is 5.17 Å². The number of aliphatic imine (C=N–C) groups is 1. The Morgan fingerprint density at radius 3 is 3.00 bits per heavy atom. The lowest BCUT2D eigenvalue weighted by atomic mass is 9.84. The fraction of sp³-hybridized carbons (Fsp3) is 0.889. The number of fused-ring (bicyclic) bond motifs is 1. The third-order valence-electron chi connectivity index (χ3n) is 3.03. The van der Waals surface area contributed by atoms with Crippen molar-refractivity contribution in [1.82, 2.24) is 5.32 Å². The van der Waals surface area contributed by atoms with E-state index in [4.69, 9.17) is 5.11 Å². The highest BCUT2D eigenvalue weighted by atomic mass is 32.2. The van der Waals surface area contributed by atoms with Gasteiger partial charge in [-0.15, -0.1) is 0 Å². The number of aliphatic hydroxyl groups excluding tert-OH is 2. The summed E-state index contributed by atoms with van der Waals surface area (Å²) in [6.45, 7) is 0.0869.